The first-order chi connectivity index (χ1) is 14.5. The Morgan fingerprint density at radius 2 is 1.94 bits per heavy atom. The highest BCUT2D eigenvalue weighted by molar-refractivity contribution is 5.93. The van der Waals surface area contributed by atoms with Gasteiger partial charge in [-0.1, -0.05) is 36.4 Å². The van der Waals surface area contributed by atoms with Crippen LogP contribution in [-0.2, 0) is 22.7 Å². The third-order valence-corrected chi connectivity index (χ3v) is 5.13. The minimum atomic E-state index is -0.0801. The molecule has 0 saturated carbocycles. The molecule has 0 atom stereocenters. The molecule has 0 aliphatic carbocycles. The number of nitrogens with one attached hydrogen (secondary N) is 1. The summed E-state index contributed by atoms with van der Waals surface area (Å²) in [6, 6.07) is 16.4. The monoisotopic (exact) mass is 436 g/mol. The third kappa shape index (κ3) is 5.48. The minimum absolute atomic E-state index is 0. The van der Waals surface area contributed by atoms with Crippen molar-refractivity contribution >= 4 is 46.9 Å². The van der Waals surface area contributed by atoms with Crippen molar-refractivity contribution in [2.24, 2.45) is 0 Å². The molecule has 0 saturated heterocycles. The summed E-state index contributed by atoms with van der Waals surface area (Å²) >= 11 is 0. The number of pyridine rings is 1. The number of halogens is 1. The number of benzene rings is 2. The molecule has 160 valence electrons. The van der Waals surface area contributed by atoms with Crippen LogP contribution in [0.25, 0.3) is 16.8 Å². The number of nitrogens with zero attached hydrogens (tertiary/aromatic N) is 3. The molecule has 31 heavy (non-hydrogen) atoms. The number of carbonyl (C=O) groups is 2. The highest BCUT2D eigenvalue weighted by Gasteiger charge is 2.17. The van der Waals surface area contributed by atoms with Gasteiger partial charge in [0.15, 0.2) is 0 Å². The highest BCUT2D eigenvalue weighted by Crippen LogP contribution is 2.20. The number of carbonyl (C=O) groups excluding carboxylic acids is 2. The third-order valence-electron chi connectivity index (χ3n) is 5.13. The summed E-state index contributed by atoms with van der Waals surface area (Å²) in [7, 11) is 3.68. The summed E-state index contributed by atoms with van der Waals surface area (Å²) in [5.41, 5.74) is 2.84. The van der Waals surface area contributed by atoms with Crippen molar-refractivity contribution in [3.8, 4) is 0 Å². The Morgan fingerprint density at radius 3 is 2.74 bits per heavy atom. The summed E-state index contributed by atoms with van der Waals surface area (Å²) in [6.07, 6.45) is 4.99. The lowest BCUT2D eigenvalue weighted by molar-refractivity contribution is -0.125. The van der Waals surface area contributed by atoms with Crippen LogP contribution in [0.2, 0.25) is 0 Å². The zero-order valence-electron chi connectivity index (χ0n) is 17.5. The van der Waals surface area contributed by atoms with E-state index in [1.54, 1.807) is 30.3 Å². The summed E-state index contributed by atoms with van der Waals surface area (Å²) in [4.78, 5) is 32.3. The number of aromatic nitrogens is 1. The topological polar surface area (TPSA) is 65.5 Å². The van der Waals surface area contributed by atoms with Crippen molar-refractivity contribution in [2.75, 3.05) is 26.0 Å². The number of hydrogen-bond donors (Lipinski definition) is 1. The van der Waals surface area contributed by atoms with Gasteiger partial charge in [0.2, 0.25) is 11.8 Å². The number of hydrogen-bond acceptors (Lipinski definition) is 4. The molecular formula is C24H25ClN4O2. The van der Waals surface area contributed by atoms with Crippen LogP contribution in [0.5, 0.6) is 0 Å². The van der Waals surface area contributed by atoms with E-state index in [2.05, 4.69) is 40.6 Å². The Bertz CT molecular complexity index is 1150. The van der Waals surface area contributed by atoms with Crippen molar-refractivity contribution in [1.29, 1.82) is 0 Å². The average Bonchev–Trinajstić information content (AvgIpc) is 2.87. The first kappa shape index (κ1) is 22.5. The van der Waals surface area contributed by atoms with E-state index in [0.717, 1.165) is 16.7 Å². The van der Waals surface area contributed by atoms with Gasteiger partial charge in [-0.3, -0.25) is 14.5 Å². The standard InChI is InChI=1S/C24H24N4O2.ClH/c1-27-15-21-11-17(13-25-24(21)26-22(29)16-27)8-10-23(30)28(2)14-18-7-9-19-5-3-4-6-20(19)12-18;/h3-13H,14-16H2,1-2H3,(H,25,26,29);1H/b10-8+;. The second kappa shape index (κ2) is 9.73. The van der Waals surface area contributed by atoms with E-state index in [1.165, 1.54) is 10.8 Å². The van der Waals surface area contributed by atoms with E-state index in [-0.39, 0.29) is 24.2 Å². The molecule has 3 aromatic rings. The predicted molar refractivity (Wildman–Crippen MR) is 126 cm³/mol. The fourth-order valence-corrected chi connectivity index (χ4v) is 3.60. The maximum absolute atomic E-state index is 12.6. The quantitative estimate of drug-likeness (QED) is 0.633. The molecule has 1 aliphatic rings. The predicted octanol–water partition coefficient (Wildman–Crippen LogP) is 3.71. The molecule has 1 aromatic heterocycles. The SMILES string of the molecule is CN1CC(=O)Nc2ncc(/C=C/C(=O)N(C)Cc3ccc4ccccc4c3)cc2C1.Cl. The normalized spacial score (nSPS) is 13.9. The van der Waals surface area contributed by atoms with Crippen molar-refractivity contribution in [3.63, 3.8) is 0 Å². The van der Waals surface area contributed by atoms with E-state index in [1.807, 2.05) is 30.1 Å². The number of fused-ring (bicyclic) bond motifs is 2. The molecule has 0 unspecified atom stereocenters. The molecule has 2 aromatic carbocycles. The van der Waals surface area contributed by atoms with Gasteiger partial charge in [-0.25, -0.2) is 4.98 Å². The minimum Gasteiger partial charge on any atom is -0.338 e. The second-order valence-corrected chi connectivity index (χ2v) is 7.71. The van der Waals surface area contributed by atoms with Crippen molar-refractivity contribution in [2.45, 2.75) is 13.1 Å². The van der Waals surface area contributed by atoms with Crippen LogP contribution in [0.4, 0.5) is 5.82 Å². The zero-order chi connectivity index (χ0) is 21.1. The average molecular weight is 437 g/mol. The molecule has 4 rings (SSSR count). The molecule has 6 nitrogen and oxygen atoms in total. The number of amides is 2. The zero-order valence-corrected chi connectivity index (χ0v) is 18.4. The molecular weight excluding hydrogens is 412 g/mol. The molecule has 7 heteroatoms. The molecule has 0 fully saturated rings. The van der Waals surface area contributed by atoms with Crippen LogP contribution in [-0.4, -0.2) is 47.2 Å². The van der Waals surface area contributed by atoms with Crippen LogP contribution in [0.3, 0.4) is 0 Å². The first-order valence-corrected chi connectivity index (χ1v) is 9.86. The Morgan fingerprint density at radius 1 is 1.16 bits per heavy atom. The van der Waals surface area contributed by atoms with E-state index >= 15 is 0 Å². The van der Waals surface area contributed by atoms with Crippen LogP contribution < -0.4 is 5.32 Å². The summed E-state index contributed by atoms with van der Waals surface area (Å²) in [5.74, 6) is 0.433. The van der Waals surface area contributed by atoms with Crippen molar-refractivity contribution in [1.82, 2.24) is 14.8 Å². The lowest BCUT2D eigenvalue weighted by atomic mass is 10.1. The second-order valence-electron chi connectivity index (χ2n) is 7.71. The first-order valence-electron chi connectivity index (χ1n) is 9.86. The Hall–Kier alpha value is -3.22. The Labute approximate surface area is 188 Å². The van der Waals surface area contributed by atoms with Crippen LogP contribution >= 0.6 is 12.4 Å². The van der Waals surface area contributed by atoms with E-state index in [4.69, 9.17) is 0 Å². The maximum atomic E-state index is 12.6. The number of anilines is 1. The summed E-state index contributed by atoms with van der Waals surface area (Å²) in [5, 5.41) is 5.17. The summed E-state index contributed by atoms with van der Waals surface area (Å²) in [6.45, 7) is 1.49. The van der Waals surface area contributed by atoms with E-state index in [9.17, 15) is 9.59 Å². The van der Waals surface area contributed by atoms with Gasteiger partial charge in [0.1, 0.15) is 5.82 Å². The lowest BCUT2D eigenvalue weighted by Gasteiger charge is -2.15. The lowest BCUT2D eigenvalue weighted by Crippen LogP contribution is -2.26. The van der Waals surface area contributed by atoms with Crippen molar-refractivity contribution < 1.29 is 9.59 Å². The van der Waals surface area contributed by atoms with Gasteiger partial charge in [-0.15, -0.1) is 12.4 Å². The Kier molecular flexibility index (Phi) is 7.05. The molecule has 1 N–H and O–H groups in total. The van der Waals surface area contributed by atoms with Crippen LogP contribution in [0, 0.1) is 0 Å². The van der Waals surface area contributed by atoms with E-state index in [0.29, 0.717) is 25.5 Å². The largest absolute Gasteiger partial charge is 0.338 e. The smallest absolute Gasteiger partial charge is 0.246 e. The number of likely N-dealkylation sites (N-methyl/N-ethyl adjacent to an activating group) is 2. The maximum Gasteiger partial charge on any atom is 0.246 e. The van der Waals surface area contributed by atoms with Gasteiger partial charge in [0, 0.05) is 38.0 Å². The van der Waals surface area contributed by atoms with Gasteiger partial charge in [0.05, 0.1) is 6.54 Å². The highest BCUT2D eigenvalue weighted by atomic mass is 35.5. The van der Waals surface area contributed by atoms with Gasteiger partial charge in [-0.2, -0.15) is 0 Å². The fourth-order valence-electron chi connectivity index (χ4n) is 3.60. The molecule has 0 radical (unpaired) electrons. The fraction of sp³-hybridized carbons (Fsp3) is 0.208. The Balaban J connectivity index is 0.00000272. The van der Waals surface area contributed by atoms with Gasteiger partial charge >= 0.3 is 0 Å². The van der Waals surface area contributed by atoms with Crippen molar-refractivity contribution in [3.05, 3.63) is 77.5 Å². The molecule has 0 bridgehead atoms. The molecule has 1 aliphatic heterocycles. The number of rotatable bonds is 4. The van der Waals surface area contributed by atoms with Gasteiger partial charge < -0.3 is 10.2 Å². The molecule has 2 amide bonds. The summed E-state index contributed by atoms with van der Waals surface area (Å²) < 4.78 is 0. The molecule has 2 heterocycles. The molecule has 0 spiro atoms. The van der Waals surface area contributed by atoms with E-state index < -0.39 is 0 Å². The van der Waals surface area contributed by atoms with Gasteiger partial charge in [-0.05, 0) is 47.2 Å². The van der Waals surface area contributed by atoms with Crippen LogP contribution in [0.15, 0.2) is 60.8 Å². The van der Waals surface area contributed by atoms with Gasteiger partial charge in [0.25, 0.3) is 0 Å². The van der Waals surface area contributed by atoms with Crippen LogP contribution in [0.1, 0.15) is 16.7 Å².